The van der Waals surface area contributed by atoms with Crippen molar-refractivity contribution in [3.8, 4) is 0 Å². The minimum Gasteiger partial charge on any atom is -0.460 e. The Hall–Kier alpha value is -2.68. The zero-order chi connectivity index (χ0) is 23.3. The van der Waals surface area contributed by atoms with Crippen molar-refractivity contribution in [2.75, 3.05) is 26.4 Å². The first-order valence-electron chi connectivity index (χ1n) is 11.3. The second-order valence-electron chi connectivity index (χ2n) is 9.13. The molecule has 2 aromatic heterocycles. The quantitative estimate of drug-likeness (QED) is 0.686. The Balaban J connectivity index is 1.77. The van der Waals surface area contributed by atoms with Crippen LogP contribution >= 0.6 is 0 Å². The van der Waals surface area contributed by atoms with Gasteiger partial charge in [-0.3, -0.25) is 14.2 Å². The van der Waals surface area contributed by atoms with Crippen molar-refractivity contribution in [2.24, 2.45) is 12.5 Å². The van der Waals surface area contributed by atoms with Crippen LogP contribution < -0.4 is 5.32 Å². The number of fused-ring (bicyclic) bond motifs is 1. The lowest BCUT2D eigenvalue weighted by molar-refractivity contribution is 0.0332. The highest BCUT2D eigenvalue weighted by Crippen LogP contribution is 2.27. The van der Waals surface area contributed by atoms with Crippen LogP contribution in [0.2, 0.25) is 0 Å². The highest BCUT2D eigenvalue weighted by Gasteiger charge is 2.29. The summed E-state index contributed by atoms with van der Waals surface area (Å²) in [5, 5.41) is 12.0. The highest BCUT2D eigenvalue weighted by molar-refractivity contribution is 5.94. The topological polar surface area (TPSA) is 100 Å². The summed E-state index contributed by atoms with van der Waals surface area (Å²) in [5.41, 5.74) is 3.33. The number of aromatic nitrogens is 4. The van der Waals surface area contributed by atoms with Crippen molar-refractivity contribution in [3.05, 3.63) is 34.4 Å². The van der Waals surface area contributed by atoms with Crippen LogP contribution in [-0.2, 0) is 35.9 Å². The van der Waals surface area contributed by atoms with Crippen molar-refractivity contribution in [1.29, 1.82) is 0 Å². The largest absolute Gasteiger partial charge is 0.460 e. The van der Waals surface area contributed by atoms with Crippen LogP contribution in [0.4, 0.5) is 0 Å². The molecule has 9 nitrogen and oxygen atoms in total. The van der Waals surface area contributed by atoms with Crippen LogP contribution in [0.25, 0.3) is 0 Å². The Kier molecular flexibility index (Phi) is 7.71. The zero-order valence-corrected chi connectivity index (χ0v) is 19.9. The normalized spacial score (nSPS) is 15.6. The van der Waals surface area contributed by atoms with E-state index < -0.39 is 5.97 Å². The molecule has 1 N–H and O–H groups in total. The molecule has 2 aromatic rings. The summed E-state index contributed by atoms with van der Waals surface area (Å²) in [4.78, 5) is 25.3. The van der Waals surface area contributed by atoms with Gasteiger partial charge in [-0.05, 0) is 39.2 Å². The molecule has 1 aliphatic heterocycles. The zero-order valence-electron chi connectivity index (χ0n) is 19.9. The van der Waals surface area contributed by atoms with Crippen LogP contribution in [0.15, 0.2) is 6.07 Å². The number of nitrogens with zero attached hydrogens (tertiary/aromatic N) is 4. The molecular weight excluding hydrogens is 410 g/mol. The Labute approximate surface area is 189 Å². The van der Waals surface area contributed by atoms with Crippen LogP contribution in [0, 0.1) is 12.3 Å². The number of hydrogen-bond donors (Lipinski definition) is 1. The maximum absolute atomic E-state index is 12.9. The Morgan fingerprint density at radius 3 is 2.72 bits per heavy atom. The Morgan fingerprint density at radius 1 is 1.28 bits per heavy atom. The van der Waals surface area contributed by atoms with E-state index in [1.165, 1.54) is 0 Å². The fourth-order valence-electron chi connectivity index (χ4n) is 3.85. The number of esters is 1. The predicted octanol–water partition coefficient (Wildman–Crippen LogP) is 2.45. The molecule has 0 spiro atoms. The first-order chi connectivity index (χ1) is 15.2. The first-order valence-corrected chi connectivity index (χ1v) is 11.3. The molecule has 32 heavy (non-hydrogen) atoms. The lowest BCUT2D eigenvalue weighted by Gasteiger charge is -2.23. The number of nitrogens with one attached hydrogen (secondary N) is 1. The number of carbonyl (C=O) groups excluding carboxylic acids is 2. The fraction of sp³-hybridized carbons (Fsp3) is 0.652. The Morgan fingerprint density at radius 2 is 2.03 bits per heavy atom. The van der Waals surface area contributed by atoms with Crippen molar-refractivity contribution in [1.82, 2.24) is 24.9 Å². The second-order valence-corrected chi connectivity index (χ2v) is 9.13. The van der Waals surface area contributed by atoms with Gasteiger partial charge in [0.25, 0.3) is 5.91 Å². The SMILES string of the molecule is CCn1nc(CC(C)(C)COC(=O)c2cc(C)n(C)n2)c2c1C(=O)NCCCOCCC2. The van der Waals surface area contributed by atoms with E-state index in [2.05, 4.69) is 10.4 Å². The minimum atomic E-state index is -0.434. The van der Waals surface area contributed by atoms with E-state index in [1.54, 1.807) is 22.5 Å². The van der Waals surface area contributed by atoms with Gasteiger partial charge in [-0.15, -0.1) is 0 Å². The summed E-state index contributed by atoms with van der Waals surface area (Å²) in [5.74, 6) is -0.519. The molecule has 0 aromatic carbocycles. The molecule has 9 heteroatoms. The van der Waals surface area contributed by atoms with E-state index in [4.69, 9.17) is 14.6 Å². The molecule has 0 unspecified atom stereocenters. The third kappa shape index (κ3) is 5.76. The van der Waals surface area contributed by atoms with Gasteiger partial charge < -0.3 is 14.8 Å². The molecule has 0 radical (unpaired) electrons. The maximum Gasteiger partial charge on any atom is 0.358 e. The van der Waals surface area contributed by atoms with Crippen LogP contribution in [0.1, 0.15) is 71.5 Å². The number of rotatable bonds is 6. The first kappa shape index (κ1) is 24.0. The summed E-state index contributed by atoms with van der Waals surface area (Å²) < 4.78 is 14.7. The van der Waals surface area contributed by atoms with Gasteiger partial charge in [0.2, 0.25) is 0 Å². The number of hydrogen-bond acceptors (Lipinski definition) is 6. The lowest BCUT2D eigenvalue weighted by atomic mass is 9.86. The summed E-state index contributed by atoms with van der Waals surface area (Å²) in [7, 11) is 1.79. The average molecular weight is 446 g/mol. The van der Waals surface area contributed by atoms with E-state index >= 15 is 0 Å². The molecule has 0 aliphatic carbocycles. The Bertz CT molecular complexity index is 940. The molecule has 1 aliphatic rings. The summed E-state index contributed by atoms with van der Waals surface area (Å²) >= 11 is 0. The molecule has 1 amide bonds. The number of carbonyl (C=O) groups is 2. The third-order valence-corrected chi connectivity index (χ3v) is 5.68. The average Bonchev–Trinajstić information content (AvgIpc) is 3.25. The van der Waals surface area contributed by atoms with Gasteiger partial charge >= 0.3 is 5.97 Å². The van der Waals surface area contributed by atoms with Gasteiger partial charge in [0, 0.05) is 56.4 Å². The molecule has 0 fully saturated rings. The number of aryl methyl sites for hydroxylation is 3. The smallest absolute Gasteiger partial charge is 0.358 e. The molecular formula is C23H35N5O4. The van der Waals surface area contributed by atoms with Crippen molar-refractivity contribution in [2.45, 2.75) is 59.9 Å². The van der Waals surface area contributed by atoms with Crippen LogP contribution in [-0.4, -0.2) is 57.8 Å². The molecule has 0 saturated carbocycles. The van der Waals surface area contributed by atoms with E-state index in [0.717, 1.165) is 36.2 Å². The third-order valence-electron chi connectivity index (χ3n) is 5.68. The molecule has 0 atom stereocenters. The van der Waals surface area contributed by atoms with Crippen LogP contribution in [0.5, 0.6) is 0 Å². The fourth-order valence-corrected chi connectivity index (χ4v) is 3.85. The summed E-state index contributed by atoms with van der Waals surface area (Å²) in [6.07, 6.45) is 2.94. The lowest BCUT2D eigenvalue weighted by Crippen LogP contribution is -2.28. The number of amides is 1. The van der Waals surface area contributed by atoms with Gasteiger partial charge in [0.05, 0.1) is 12.3 Å². The number of ether oxygens (including phenoxy) is 2. The summed E-state index contributed by atoms with van der Waals surface area (Å²) in [6, 6.07) is 1.72. The minimum absolute atomic E-state index is 0.0859. The van der Waals surface area contributed by atoms with Crippen molar-refractivity contribution < 1.29 is 19.1 Å². The van der Waals surface area contributed by atoms with E-state index in [-0.39, 0.29) is 17.9 Å². The maximum atomic E-state index is 12.9. The molecule has 0 saturated heterocycles. The standard InChI is InChI=1S/C23H35N5O4/c1-6-28-20-17(9-7-11-31-12-8-10-24-21(20)29)19(26-28)14-23(3,4)15-32-22(30)18-13-16(2)27(5)25-18/h13H,6-12,14-15H2,1-5H3,(H,24,29). The predicted molar refractivity (Wildman–Crippen MR) is 120 cm³/mol. The molecule has 176 valence electrons. The highest BCUT2D eigenvalue weighted by atomic mass is 16.5. The van der Waals surface area contributed by atoms with Gasteiger partial charge in [-0.25, -0.2) is 4.79 Å². The van der Waals surface area contributed by atoms with E-state index in [0.29, 0.717) is 44.1 Å². The van der Waals surface area contributed by atoms with Gasteiger partial charge in [0.15, 0.2) is 5.69 Å². The van der Waals surface area contributed by atoms with Gasteiger partial charge in [-0.2, -0.15) is 10.2 Å². The van der Waals surface area contributed by atoms with E-state index in [9.17, 15) is 9.59 Å². The molecule has 3 rings (SSSR count). The summed E-state index contributed by atoms with van der Waals surface area (Å²) in [6.45, 7) is 10.7. The van der Waals surface area contributed by atoms with Crippen LogP contribution in [0.3, 0.4) is 0 Å². The van der Waals surface area contributed by atoms with Gasteiger partial charge in [0.1, 0.15) is 5.69 Å². The molecule has 3 heterocycles. The van der Waals surface area contributed by atoms with Gasteiger partial charge in [-0.1, -0.05) is 13.8 Å². The monoisotopic (exact) mass is 445 g/mol. The van der Waals surface area contributed by atoms with Crippen molar-refractivity contribution >= 4 is 11.9 Å². The second kappa shape index (κ2) is 10.3. The molecule has 0 bridgehead atoms. The van der Waals surface area contributed by atoms with E-state index in [1.807, 2.05) is 27.7 Å². The van der Waals surface area contributed by atoms with Crippen molar-refractivity contribution in [3.63, 3.8) is 0 Å².